The number of carbonyl (C=O) groups is 1. The second kappa shape index (κ2) is 5.19. The Kier molecular flexibility index (Phi) is 3.64. The van der Waals surface area contributed by atoms with Gasteiger partial charge in [-0.05, 0) is 18.6 Å². The first-order valence-electron chi connectivity index (χ1n) is 5.46. The molecule has 1 aromatic carbocycles. The highest BCUT2D eigenvalue weighted by Crippen LogP contribution is 2.25. The van der Waals surface area contributed by atoms with Crippen LogP contribution < -0.4 is 0 Å². The third kappa shape index (κ3) is 2.77. The number of rotatable bonds is 4. The van der Waals surface area contributed by atoms with Gasteiger partial charge >= 0.3 is 5.97 Å². The summed E-state index contributed by atoms with van der Waals surface area (Å²) in [5.74, 6) is -0.785. The summed E-state index contributed by atoms with van der Waals surface area (Å²) in [7, 11) is 0. The summed E-state index contributed by atoms with van der Waals surface area (Å²) in [6.07, 6.45) is 0.592. The van der Waals surface area contributed by atoms with Crippen molar-refractivity contribution in [1.82, 2.24) is 4.98 Å². The monoisotopic (exact) mass is 247 g/mol. The fourth-order valence-corrected chi connectivity index (χ4v) is 2.42. The number of aliphatic carboxylic acids is 1. The zero-order valence-corrected chi connectivity index (χ0v) is 10.3. The van der Waals surface area contributed by atoms with E-state index in [1.165, 1.54) is 11.8 Å². The van der Waals surface area contributed by atoms with E-state index in [1.807, 2.05) is 43.3 Å². The van der Waals surface area contributed by atoms with Crippen molar-refractivity contribution in [3.05, 3.63) is 36.4 Å². The van der Waals surface area contributed by atoms with Crippen LogP contribution >= 0.6 is 11.8 Å². The molecule has 0 radical (unpaired) electrons. The second-order valence-electron chi connectivity index (χ2n) is 3.70. The lowest BCUT2D eigenvalue weighted by Crippen LogP contribution is -2.14. The molecule has 0 fully saturated rings. The van der Waals surface area contributed by atoms with E-state index in [4.69, 9.17) is 5.11 Å². The Balaban J connectivity index is 2.27. The lowest BCUT2D eigenvalue weighted by Gasteiger charge is -2.08. The number of thioether (sulfide) groups is 1. The fraction of sp³-hybridized carbons (Fsp3) is 0.231. The maximum absolute atomic E-state index is 10.9. The number of fused-ring (bicyclic) bond motifs is 1. The summed E-state index contributed by atoms with van der Waals surface area (Å²) < 4.78 is 0. The van der Waals surface area contributed by atoms with Crippen molar-refractivity contribution in [2.45, 2.75) is 23.6 Å². The van der Waals surface area contributed by atoms with Gasteiger partial charge in [0.15, 0.2) is 0 Å². The number of carboxylic acid groups (broad SMARTS) is 1. The van der Waals surface area contributed by atoms with Crippen LogP contribution in [-0.4, -0.2) is 21.3 Å². The third-order valence-electron chi connectivity index (χ3n) is 2.48. The molecule has 88 valence electrons. The zero-order valence-electron chi connectivity index (χ0n) is 9.46. The molecule has 0 saturated heterocycles. The van der Waals surface area contributed by atoms with Gasteiger partial charge in [0, 0.05) is 5.39 Å². The largest absolute Gasteiger partial charge is 0.480 e. The van der Waals surface area contributed by atoms with E-state index in [9.17, 15) is 4.79 Å². The Hall–Kier alpha value is -1.55. The van der Waals surface area contributed by atoms with Crippen molar-refractivity contribution in [3.8, 4) is 0 Å². The highest BCUT2D eigenvalue weighted by Gasteiger charge is 2.17. The van der Waals surface area contributed by atoms with Crippen LogP contribution in [0.15, 0.2) is 41.4 Å². The van der Waals surface area contributed by atoms with Crippen LogP contribution in [0.5, 0.6) is 0 Å². The maximum atomic E-state index is 10.9. The summed E-state index contributed by atoms with van der Waals surface area (Å²) in [6.45, 7) is 1.87. The molecule has 2 aromatic rings. The van der Waals surface area contributed by atoms with Crippen molar-refractivity contribution in [1.29, 1.82) is 0 Å². The molecule has 2 rings (SSSR count). The normalized spacial score (nSPS) is 12.5. The molecule has 1 heterocycles. The molecule has 0 amide bonds. The van der Waals surface area contributed by atoms with E-state index in [0.717, 1.165) is 15.9 Å². The van der Waals surface area contributed by atoms with E-state index in [0.29, 0.717) is 6.42 Å². The van der Waals surface area contributed by atoms with Gasteiger partial charge < -0.3 is 5.11 Å². The molecule has 0 aliphatic heterocycles. The van der Waals surface area contributed by atoms with Crippen LogP contribution in [0.3, 0.4) is 0 Å². The first-order chi connectivity index (χ1) is 8.20. The minimum absolute atomic E-state index is 0.427. The highest BCUT2D eigenvalue weighted by atomic mass is 32.2. The molecule has 0 aliphatic rings. The van der Waals surface area contributed by atoms with Crippen LogP contribution in [0, 0.1) is 0 Å². The van der Waals surface area contributed by atoms with Gasteiger partial charge in [0.05, 0.1) is 10.5 Å². The van der Waals surface area contributed by atoms with Crippen molar-refractivity contribution in [2.24, 2.45) is 0 Å². The van der Waals surface area contributed by atoms with Gasteiger partial charge in [0.1, 0.15) is 5.25 Å². The van der Waals surface area contributed by atoms with Crippen LogP contribution in [0.1, 0.15) is 13.3 Å². The number of carboxylic acids is 1. The van der Waals surface area contributed by atoms with Crippen LogP contribution in [-0.2, 0) is 4.79 Å². The van der Waals surface area contributed by atoms with Crippen molar-refractivity contribution in [2.75, 3.05) is 0 Å². The van der Waals surface area contributed by atoms with E-state index >= 15 is 0 Å². The summed E-state index contributed by atoms with van der Waals surface area (Å²) in [5, 5.41) is 10.4. The predicted octanol–water partition coefficient (Wildman–Crippen LogP) is 3.19. The Morgan fingerprint density at radius 2 is 2.12 bits per heavy atom. The topological polar surface area (TPSA) is 50.2 Å². The first-order valence-corrected chi connectivity index (χ1v) is 6.34. The van der Waals surface area contributed by atoms with E-state index in [2.05, 4.69) is 4.98 Å². The molecular formula is C13H13NO2S. The molecule has 1 atom stereocenters. The van der Waals surface area contributed by atoms with Gasteiger partial charge in [-0.25, -0.2) is 4.98 Å². The number of hydrogen-bond acceptors (Lipinski definition) is 3. The number of benzene rings is 1. The summed E-state index contributed by atoms with van der Waals surface area (Å²) in [5.41, 5.74) is 0.901. The number of hydrogen-bond donors (Lipinski definition) is 1. The predicted molar refractivity (Wildman–Crippen MR) is 69.3 cm³/mol. The van der Waals surface area contributed by atoms with Gasteiger partial charge in [-0.3, -0.25) is 4.79 Å². The molecule has 4 heteroatoms. The number of nitrogens with zero attached hydrogens (tertiary/aromatic N) is 1. The van der Waals surface area contributed by atoms with Gasteiger partial charge in [0.2, 0.25) is 0 Å². The molecule has 0 spiro atoms. The van der Waals surface area contributed by atoms with E-state index in [-0.39, 0.29) is 0 Å². The summed E-state index contributed by atoms with van der Waals surface area (Å²) >= 11 is 1.30. The van der Waals surface area contributed by atoms with Crippen molar-refractivity contribution in [3.63, 3.8) is 0 Å². The third-order valence-corrected chi connectivity index (χ3v) is 3.77. The minimum Gasteiger partial charge on any atom is -0.480 e. The summed E-state index contributed by atoms with van der Waals surface area (Å²) in [6, 6.07) is 11.7. The Labute approximate surface area is 104 Å². The minimum atomic E-state index is -0.785. The maximum Gasteiger partial charge on any atom is 0.317 e. The van der Waals surface area contributed by atoms with Gasteiger partial charge in [-0.15, -0.1) is 0 Å². The molecule has 3 nitrogen and oxygen atoms in total. The van der Waals surface area contributed by atoms with Crippen LogP contribution in [0.2, 0.25) is 0 Å². The molecule has 1 aromatic heterocycles. The van der Waals surface area contributed by atoms with E-state index in [1.54, 1.807) is 0 Å². The highest BCUT2D eigenvalue weighted by molar-refractivity contribution is 8.00. The van der Waals surface area contributed by atoms with Crippen LogP contribution in [0.4, 0.5) is 0 Å². The van der Waals surface area contributed by atoms with Gasteiger partial charge in [0.25, 0.3) is 0 Å². The zero-order chi connectivity index (χ0) is 12.3. The molecule has 0 bridgehead atoms. The Morgan fingerprint density at radius 1 is 1.35 bits per heavy atom. The lowest BCUT2D eigenvalue weighted by atomic mass is 10.2. The first kappa shape index (κ1) is 11.9. The van der Waals surface area contributed by atoms with Crippen molar-refractivity contribution >= 4 is 28.6 Å². The standard InChI is InChI=1S/C13H13NO2S/c1-2-11(13(15)16)17-12-8-7-9-5-3-4-6-10(9)14-12/h3-8,11H,2H2,1H3,(H,15,16)/t11-/m0/s1. The fourth-order valence-electron chi connectivity index (χ4n) is 1.57. The smallest absolute Gasteiger partial charge is 0.317 e. The Bertz CT molecular complexity index is 542. The van der Waals surface area contributed by atoms with Gasteiger partial charge in [-0.2, -0.15) is 0 Å². The molecule has 0 aliphatic carbocycles. The van der Waals surface area contributed by atoms with Crippen molar-refractivity contribution < 1.29 is 9.90 Å². The number of para-hydroxylation sites is 1. The quantitative estimate of drug-likeness (QED) is 0.843. The average Bonchev–Trinajstić information content (AvgIpc) is 2.35. The summed E-state index contributed by atoms with van der Waals surface area (Å²) in [4.78, 5) is 15.4. The number of pyridine rings is 1. The molecule has 17 heavy (non-hydrogen) atoms. The number of aromatic nitrogens is 1. The lowest BCUT2D eigenvalue weighted by molar-refractivity contribution is -0.136. The molecule has 0 unspecified atom stereocenters. The Morgan fingerprint density at radius 3 is 2.82 bits per heavy atom. The molecule has 1 N–H and O–H groups in total. The second-order valence-corrected chi connectivity index (χ2v) is 4.92. The van der Waals surface area contributed by atoms with Crippen LogP contribution in [0.25, 0.3) is 10.9 Å². The van der Waals surface area contributed by atoms with E-state index < -0.39 is 11.2 Å². The average molecular weight is 247 g/mol. The molecular weight excluding hydrogens is 234 g/mol. The SMILES string of the molecule is CC[C@H](Sc1ccc2ccccc2n1)C(=O)O. The molecule has 0 saturated carbocycles. The van der Waals surface area contributed by atoms with Gasteiger partial charge in [-0.1, -0.05) is 43.0 Å².